The Morgan fingerprint density at radius 1 is 1.07 bits per heavy atom. The number of nitrogens with one attached hydrogen (secondary N) is 1. The summed E-state index contributed by atoms with van der Waals surface area (Å²) in [5.41, 5.74) is 5.20. The predicted molar refractivity (Wildman–Crippen MR) is 107 cm³/mol. The molecule has 0 bridgehead atoms. The van der Waals surface area contributed by atoms with Crippen LogP contribution in [-0.4, -0.2) is 25.8 Å². The number of amides is 1. The molecule has 0 saturated heterocycles. The molecule has 0 unspecified atom stereocenters. The first-order valence-corrected chi connectivity index (χ1v) is 10.7. The molecular formula is C21H26N2O3S. The van der Waals surface area contributed by atoms with Crippen molar-refractivity contribution in [2.45, 2.75) is 52.0 Å². The van der Waals surface area contributed by atoms with Crippen LogP contribution in [0.25, 0.3) is 0 Å². The van der Waals surface area contributed by atoms with E-state index in [2.05, 4.69) is 4.72 Å². The molecule has 0 atom stereocenters. The summed E-state index contributed by atoms with van der Waals surface area (Å²) >= 11 is 0. The molecule has 2 aromatic carbocycles. The molecule has 144 valence electrons. The summed E-state index contributed by atoms with van der Waals surface area (Å²) in [4.78, 5) is 14.1. The zero-order valence-corrected chi connectivity index (χ0v) is 17.1. The second-order valence-corrected chi connectivity index (χ2v) is 8.85. The van der Waals surface area contributed by atoms with Gasteiger partial charge < -0.3 is 4.90 Å². The molecule has 5 nitrogen and oxygen atoms in total. The van der Waals surface area contributed by atoms with E-state index < -0.39 is 10.0 Å². The number of aryl methyl sites for hydroxylation is 3. The zero-order valence-electron chi connectivity index (χ0n) is 16.3. The molecule has 1 N–H and O–H groups in total. The SMILES string of the molecule is CCC(=O)N1CCc2ccc(NS(=O)(=O)c3c(C)cc(C)cc3C)cc2C1. The van der Waals surface area contributed by atoms with Gasteiger partial charge >= 0.3 is 0 Å². The Hall–Kier alpha value is -2.34. The van der Waals surface area contributed by atoms with Gasteiger partial charge in [0.25, 0.3) is 10.0 Å². The first-order valence-electron chi connectivity index (χ1n) is 9.21. The zero-order chi connectivity index (χ0) is 19.8. The van der Waals surface area contributed by atoms with Crippen LogP contribution < -0.4 is 4.72 Å². The fourth-order valence-electron chi connectivity index (χ4n) is 3.85. The summed E-state index contributed by atoms with van der Waals surface area (Å²) in [5, 5.41) is 0. The topological polar surface area (TPSA) is 66.5 Å². The van der Waals surface area contributed by atoms with Crippen molar-refractivity contribution < 1.29 is 13.2 Å². The summed E-state index contributed by atoms with van der Waals surface area (Å²) < 4.78 is 28.6. The van der Waals surface area contributed by atoms with Crippen molar-refractivity contribution in [1.82, 2.24) is 4.90 Å². The first kappa shape index (κ1) is 19.4. The third-order valence-electron chi connectivity index (χ3n) is 5.00. The summed E-state index contributed by atoms with van der Waals surface area (Å²) in [7, 11) is -3.68. The Balaban J connectivity index is 1.90. The van der Waals surface area contributed by atoms with Crippen LogP contribution in [0.3, 0.4) is 0 Å². The third kappa shape index (κ3) is 4.00. The van der Waals surface area contributed by atoms with E-state index in [1.807, 2.05) is 56.9 Å². The van der Waals surface area contributed by atoms with Crippen molar-refractivity contribution in [3.63, 3.8) is 0 Å². The van der Waals surface area contributed by atoms with Crippen molar-refractivity contribution in [3.8, 4) is 0 Å². The van der Waals surface area contributed by atoms with E-state index in [4.69, 9.17) is 0 Å². The molecule has 1 amide bonds. The monoisotopic (exact) mass is 386 g/mol. The molecule has 1 aliphatic heterocycles. The number of fused-ring (bicyclic) bond motifs is 1. The Morgan fingerprint density at radius 2 is 1.74 bits per heavy atom. The van der Waals surface area contributed by atoms with Gasteiger partial charge in [0.2, 0.25) is 5.91 Å². The summed E-state index contributed by atoms with van der Waals surface area (Å²) in [6.07, 6.45) is 1.28. The smallest absolute Gasteiger partial charge is 0.262 e. The lowest BCUT2D eigenvalue weighted by Gasteiger charge is -2.29. The Labute approximate surface area is 161 Å². The maximum absolute atomic E-state index is 13.0. The van der Waals surface area contributed by atoms with Gasteiger partial charge in [-0.3, -0.25) is 9.52 Å². The van der Waals surface area contributed by atoms with Crippen LogP contribution in [0.5, 0.6) is 0 Å². The highest BCUT2D eigenvalue weighted by molar-refractivity contribution is 7.92. The van der Waals surface area contributed by atoms with Crippen LogP contribution in [0, 0.1) is 20.8 Å². The molecule has 3 rings (SSSR count). The number of benzene rings is 2. The molecule has 0 saturated carbocycles. The van der Waals surface area contributed by atoms with E-state index in [0.29, 0.717) is 30.1 Å². The van der Waals surface area contributed by atoms with Gasteiger partial charge in [-0.2, -0.15) is 0 Å². The highest BCUT2D eigenvalue weighted by Gasteiger charge is 2.23. The molecule has 27 heavy (non-hydrogen) atoms. The third-order valence-corrected chi connectivity index (χ3v) is 6.69. The molecule has 0 spiro atoms. The standard InChI is InChI=1S/C21H26N2O3S/c1-5-20(24)23-9-8-17-6-7-19(12-18(17)13-23)22-27(25,26)21-15(3)10-14(2)11-16(21)4/h6-7,10-12,22H,5,8-9,13H2,1-4H3. The minimum atomic E-state index is -3.68. The van der Waals surface area contributed by atoms with E-state index >= 15 is 0 Å². The van der Waals surface area contributed by atoms with Gasteiger partial charge in [0, 0.05) is 25.2 Å². The Kier molecular flexibility index (Phi) is 5.29. The molecule has 0 aliphatic carbocycles. The summed E-state index contributed by atoms with van der Waals surface area (Å²) in [6.45, 7) is 8.68. The van der Waals surface area contributed by atoms with Crippen molar-refractivity contribution in [2.75, 3.05) is 11.3 Å². The van der Waals surface area contributed by atoms with Gasteiger partial charge in [0.15, 0.2) is 0 Å². The average Bonchev–Trinajstić information content (AvgIpc) is 2.58. The molecule has 1 heterocycles. The summed E-state index contributed by atoms with van der Waals surface area (Å²) in [5.74, 6) is 0.123. The molecule has 0 fully saturated rings. The predicted octanol–water partition coefficient (Wildman–Crippen LogP) is 3.71. The number of carbonyl (C=O) groups is 1. The number of carbonyl (C=O) groups excluding carboxylic acids is 1. The lowest BCUT2D eigenvalue weighted by atomic mass is 9.99. The Bertz CT molecular complexity index is 973. The van der Waals surface area contributed by atoms with Gasteiger partial charge in [-0.15, -0.1) is 0 Å². The highest BCUT2D eigenvalue weighted by Crippen LogP contribution is 2.27. The second-order valence-electron chi connectivity index (χ2n) is 7.24. The van der Waals surface area contributed by atoms with E-state index in [-0.39, 0.29) is 5.91 Å². The minimum absolute atomic E-state index is 0.123. The van der Waals surface area contributed by atoms with Crippen LogP contribution in [0.1, 0.15) is 41.2 Å². The molecule has 6 heteroatoms. The number of hydrogen-bond acceptors (Lipinski definition) is 3. The minimum Gasteiger partial charge on any atom is -0.338 e. The quantitative estimate of drug-likeness (QED) is 0.871. The first-order chi connectivity index (χ1) is 12.7. The maximum atomic E-state index is 13.0. The van der Waals surface area contributed by atoms with Gasteiger partial charge in [0.1, 0.15) is 0 Å². The number of sulfonamides is 1. The van der Waals surface area contributed by atoms with E-state index in [1.54, 1.807) is 6.07 Å². The molecule has 1 aliphatic rings. The number of hydrogen-bond donors (Lipinski definition) is 1. The number of anilines is 1. The maximum Gasteiger partial charge on any atom is 0.262 e. The molecule has 0 aromatic heterocycles. The summed E-state index contributed by atoms with van der Waals surface area (Å²) in [6, 6.07) is 9.36. The van der Waals surface area contributed by atoms with Crippen molar-refractivity contribution in [1.29, 1.82) is 0 Å². The van der Waals surface area contributed by atoms with E-state index in [1.165, 1.54) is 5.56 Å². The molecule has 0 radical (unpaired) electrons. The van der Waals surface area contributed by atoms with Crippen LogP contribution in [0.15, 0.2) is 35.2 Å². The number of rotatable bonds is 4. The lowest BCUT2D eigenvalue weighted by Crippen LogP contribution is -2.35. The van der Waals surface area contributed by atoms with E-state index in [0.717, 1.165) is 28.7 Å². The fourth-order valence-corrected chi connectivity index (χ4v) is 5.36. The highest BCUT2D eigenvalue weighted by atomic mass is 32.2. The molecule has 2 aromatic rings. The lowest BCUT2D eigenvalue weighted by molar-refractivity contribution is -0.131. The number of nitrogens with zero attached hydrogens (tertiary/aromatic N) is 1. The largest absolute Gasteiger partial charge is 0.338 e. The van der Waals surface area contributed by atoms with Crippen LogP contribution in [0.4, 0.5) is 5.69 Å². The fraction of sp³-hybridized carbons (Fsp3) is 0.381. The van der Waals surface area contributed by atoms with Crippen molar-refractivity contribution in [2.24, 2.45) is 0 Å². The average molecular weight is 387 g/mol. The van der Waals surface area contributed by atoms with Crippen LogP contribution in [0.2, 0.25) is 0 Å². The van der Waals surface area contributed by atoms with Crippen LogP contribution >= 0.6 is 0 Å². The Morgan fingerprint density at radius 3 is 2.37 bits per heavy atom. The molecular weight excluding hydrogens is 360 g/mol. The van der Waals surface area contributed by atoms with E-state index in [9.17, 15) is 13.2 Å². The van der Waals surface area contributed by atoms with Crippen LogP contribution in [-0.2, 0) is 27.8 Å². The van der Waals surface area contributed by atoms with Gasteiger partial charge in [-0.25, -0.2) is 8.42 Å². The second kappa shape index (κ2) is 7.35. The van der Waals surface area contributed by atoms with Crippen molar-refractivity contribution in [3.05, 3.63) is 58.1 Å². The van der Waals surface area contributed by atoms with Gasteiger partial charge in [-0.05, 0) is 61.6 Å². The van der Waals surface area contributed by atoms with Gasteiger partial charge in [0.05, 0.1) is 4.90 Å². The van der Waals surface area contributed by atoms with Crippen molar-refractivity contribution >= 4 is 21.6 Å². The van der Waals surface area contributed by atoms with Gasteiger partial charge in [-0.1, -0.05) is 30.7 Å². The normalized spacial score (nSPS) is 14.0.